The average molecular weight is 333 g/mol. The molecule has 0 aliphatic carbocycles. The fraction of sp³-hybridized carbons (Fsp3) is 0.538. The van der Waals surface area contributed by atoms with Crippen LogP contribution < -0.4 is 4.72 Å². The van der Waals surface area contributed by atoms with Crippen LogP contribution in [-0.4, -0.2) is 39.5 Å². The monoisotopic (exact) mass is 333 g/mol. The maximum absolute atomic E-state index is 12.4. The summed E-state index contributed by atoms with van der Waals surface area (Å²) in [5, 5.41) is 9.20. The molecule has 0 spiro atoms. The Morgan fingerprint density at radius 3 is 2.71 bits per heavy atom. The zero-order chi connectivity index (χ0) is 15.7. The van der Waals surface area contributed by atoms with E-state index in [9.17, 15) is 21.9 Å². The maximum Gasteiger partial charge on any atom is 0.241 e. The average Bonchev–Trinajstić information content (AvgIpc) is 2.37. The summed E-state index contributed by atoms with van der Waals surface area (Å²) in [5.74, 6) is -0.0464. The standard InChI is InChI=1S/C13H19NO5S2/c1-10-11(8-15)4-2-6-13(10)21(18,19)14-12-5-3-7-20(16,17)9-12/h2,4,6,12,14-15H,3,5,7-9H2,1H3. The van der Waals surface area contributed by atoms with Gasteiger partial charge in [-0.15, -0.1) is 0 Å². The number of sulfone groups is 1. The third-order valence-electron chi connectivity index (χ3n) is 3.64. The summed E-state index contributed by atoms with van der Waals surface area (Å²) in [4.78, 5) is 0.0806. The van der Waals surface area contributed by atoms with Crippen LogP contribution >= 0.6 is 0 Å². The van der Waals surface area contributed by atoms with Gasteiger partial charge in [-0.3, -0.25) is 0 Å². The molecule has 1 atom stereocenters. The van der Waals surface area contributed by atoms with E-state index in [0.717, 1.165) is 0 Å². The third-order valence-corrected chi connectivity index (χ3v) is 7.13. The zero-order valence-corrected chi connectivity index (χ0v) is 13.4. The Bertz CT molecular complexity index is 725. The maximum atomic E-state index is 12.4. The van der Waals surface area contributed by atoms with Crippen LogP contribution in [0.3, 0.4) is 0 Å². The van der Waals surface area contributed by atoms with Crippen molar-refractivity contribution in [3.8, 4) is 0 Å². The number of aliphatic hydroxyl groups excluding tert-OH is 1. The minimum atomic E-state index is -3.80. The van der Waals surface area contributed by atoms with Gasteiger partial charge in [-0.25, -0.2) is 21.6 Å². The van der Waals surface area contributed by atoms with E-state index in [1.807, 2.05) is 0 Å². The predicted octanol–water partition coefficient (Wildman–Crippen LogP) is 0.343. The number of hydrogen-bond donors (Lipinski definition) is 2. The first kappa shape index (κ1) is 16.4. The van der Waals surface area contributed by atoms with Crippen LogP contribution in [0.25, 0.3) is 0 Å². The molecule has 0 aromatic heterocycles. The molecule has 1 saturated heterocycles. The zero-order valence-electron chi connectivity index (χ0n) is 11.7. The second-order valence-electron chi connectivity index (χ2n) is 5.27. The molecule has 1 unspecified atom stereocenters. The molecule has 1 aliphatic heterocycles. The van der Waals surface area contributed by atoms with Crippen molar-refractivity contribution in [1.29, 1.82) is 0 Å². The lowest BCUT2D eigenvalue weighted by Gasteiger charge is -2.23. The molecule has 6 nitrogen and oxygen atoms in total. The summed E-state index contributed by atoms with van der Waals surface area (Å²) in [5.41, 5.74) is 1.01. The molecule has 1 heterocycles. The second kappa shape index (κ2) is 6.04. The molecule has 8 heteroatoms. The Kier molecular flexibility index (Phi) is 4.72. The van der Waals surface area contributed by atoms with E-state index in [1.165, 1.54) is 6.07 Å². The number of nitrogens with one attached hydrogen (secondary N) is 1. The second-order valence-corrected chi connectivity index (χ2v) is 9.18. The van der Waals surface area contributed by atoms with Crippen molar-refractivity contribution in [3.05, 3.63) is 29.3 Å². The SMILES string of the molecule is Cc1c(CO)cccc1S(=O)(=O)NC1CCCS(=O)(=O)C1. The van der Waals surface area contributed by atoms with E-state index in [2.05, 4.69) is 4.72 Å². The van der Waals surface area contributed by atoms with Gasteiger partial charge in [0.1, 0.15) is 0 Å². The van der Waals surface area contributed by atoms with Gasteiger partial charge in [0.25, 0.3) is 0 Å². The molecule has 0 amide bonds. The first-order valence-corrected chi connectivity index (χ1v) is 9.98. The van der Waals surface area contributed by atoms with Crippen LogP contribution in [0.15, 0.2) is 23.1 Å². The highest BCUT2D eigenvalue weighted by molar-refractivity contribution is 7.91. The lowest BCUT2D eigenvalue weighted by Crippen LogP contribution is -2.43. The van der Waals surface area contributed by atoms with E-state index in [-0.39, 0.29) is 23.0 Å². The predicted molar refractivity (Wildman–Crippen MR) is 79.1 cm³/mol. The van der Waals surface area contributed by atoms with Crippen molar-refractivity contribution >= 4 is 19.9 Å². The molecule has 0 radical (unpaired) electrons. The minimum Gasteiger partial charge on any atom is -0.392 e. The van der Waals surface area contributed by atoms with Gasteiger partial charge < -0.3 is 5.11 Å². The Morgan fingerprint density at radius 1 is 1.38 bits per heavy atom. The van der Waals surface area contributed by atoms with Gasteiger partial charge in [-0.2, -0.15) is 0 Å². The lowest BCUT2D eigenvalue weighted by molar-refractivity contribution is 0.280. The van der Waals surface area contributed by atoms with Crippen molar-refractivity contribution in [3.63, 3.8) is 0 Å². The summed E-state index contributed by atoms with van der Waals surface area (Å²) < 4.78 is 50.5. The van der Waals surface area contributed by atoms with Crippen molar-refractivity contribution in [2.45, 2.75) is 37.3 Å². The summed E-state index contributed by atoms with van der Waals surface area (Å²) in [6.07, 6.45) is 0.975. The number of hydrogen-bond acceptors (Lipinski definition) is 5. The van der Waals surface area contributed by atoms with Crippen molar-refractivity contribution in [1.82, 2.24) is 4.72 Å². The van der Waals surface area contributed by atoms with Gasteiger partial charge in [0.2, 0.25) is 10.0 Å². The molecule has 0 bridgehead atoms. The van der Waals surface area contributed by atoms with Crippen LogP contribution in [0, 0.1) is 6.92 Å². The Balaban J connectivity index is 2.27. The highest BCUT2D eigenvalue weighted by atomic mass is 32.2. The minimum absolute atomic E-state index is 0.0806. The first-order valence-electron chi connectivity index (χ1n) is 6.67. The first-order chi connectivity index (χ1) is 9.75. The van der Waals surface area contributed by atoms with Crippen molar-refractivity contribution in [2.24, 2.45) is 0 Å². The normalized spacial score (nSPS) is 22.1. The number of rotatable bonds is 4. The van der Waals surface area contributed by atoms with E-state index < -0.39 is 25.9 Å². The van der Waals surface area contributed by atoms with Crippen molar-refractivity contribution in [2.75, 3.05) is 11.5 Å². The molecular weight excluding hydrogens is 314 g/mol. The molecule has 1 fully saturated rings. The van der Waals surface area contributed by atoms with Gasteiger partial charge in [0, 0.05) is 6.04 Å². The van der Waals surface area contributed by atoms with E-state index >= 15 is 0 Å². The smallest absolute Gasteiger partial charge is 0.241 e. The van der Waals surface area contributed by atoms with Crippen LogP contribution in [0.5, 0.6) is 0 Å². The quantitative estimate of drug-likeness (QED) is 0.828. The number of sulfonamides is 1. The summed E-state index contributed by atoms with van der Waals surface area (Å²) in [7, 11) is -6.98. The molecule has 2 N–H and O–H groups in total. The topological polar surface area (TPSA) is 101 Å². The summed E-state index contributed by atoms with van der Waals surface area (Å²) in [6.45, 7) is 1.38. The molecule has 2 rings (SSSR count). The van der Waals surface area contributed by atoms with Crippen molar-refractivity contribution < 1.29 is 21.9 Å². The number of benzene rings is 1. The van der Waals surface area contributed by atoms with Gasteiger partial charge in [-0.1, -0.05) is 12.1 Å². The van der Waals surface area contributed by atoms with Crippen LogP contribution in [0.2, 0.25) is 0 Å². The third kappa shape index (κ3) is 3.82. The highest BCUT2D eigenvalue weighted by Crippen LogP contribution is 2.21. The highest BCUT2D eigenvalue weighted by Gasteiger charge is 2.29. The van der Waals surface area contributed by atoms with Gasteiger partial charge in [-0.05, 0) is 37.0 Å². The van der Waals surface area contributed by atoms with E-state index in [1.54, 1.807) is 19.1 Å². The van der Waals surface area contributed by atoms with Gasteiger partial charge in [0.15, 0.2) is 9.84 Å². The molecule has 1 aliphatic rings. The Morgan fingerprint density at radius 2 is 2.10 bits per heavy atom. The molecule has 21 heavy (non-hydrogen) atoms. The fourth-order valence-corrected chi connectivity index (χ4v) is 5.82. The van der Waals surface area contributed by atoms with E-state index in [0.29, 0.717) is 24.0 Å². The van der Waals surface area contributed by atoms with Gasteiger partial charge in [0.05, 0.1) is 23.0 Å². The van der Waals surface area contributed by atoms with Crippen LogP contribution in [-0.2, 0) is 26.5 Å². The van der Waals surface area contributed by atoms with Crippen LogP contribution in [0.4, 0.5) is 0 Å². The van der Waals surface area contributed by atoms with E-state index in [4.69, 9.17) is 0 Å². The lowest BCUT2D eigenvalue weighted by atomic mass is 10.1. The number of aliphatic hydroxyl groups is 1. The molecular formula is C13H19NO5S2. The molecule has 118 valence electrons. The summed E-state index contributed by atoms with van der Waals surface area (Å²) >= 11 is 0. The van der Waals surface area contributed by atoms with Crippen LogP contribution in [0.1, 0.15) is 24.0 Å². The molecule has 0 saturated carbocycles. The largest absolute Gasteiger partial charge is 0.392 e. The van der Waals surface area contributed by atoms with Gasteiger partial charge >= 0.3 is 0 Å². The molecule has 1 aromatic carbocycles. The summed E-state index contributed by atoms with van der Waals surface area (Å²) in [6, 6.07) is 4.07. The molecule has 1 aromatic rings. The fourth-order valence-electron chi connectivity index (χ4n) is 2.52. The Hall–Kier alpha value is -0.960. The Labute approximate surface area is 125 Å².